The van der Waals surface area contributed by atoms with Gasteiger partial charge in [0.1, 0.15) is 0 Å². The molecule has 16 heavy (non-hydrogen) atoms. The average molecular weight is 287 g/mol. The summed E-state index contributed by atoms with van der Waals surface area (Å²) in [5, 5.41) is 0.803. The van der Waals surface area contributed by atoms with Crippen molar-refractivity contribution in [3.8, 4) is 0 Å². The number of nitrogens with zero attached hydrogens (tertiary/aromatic N) is 4. The Morgan fingerprint density at radius 1 is 1.12 bits per heavy atom. The number of rotatable bonds is 6. The highest BCUT2D eigenvalue weighted by Crippen LogP contribution is 2.07. The van der Waals surface area contributed by atoms with Crippen LogP contribution in [-0.2, 0) is 5.33 Å². The van der Waals surface area contributed by atoms with Gasteiger partial charge in [0.2, 0.25) is 5.95 Å². The van der Waals surface area contributed by atoms with E-state index in [0.29, 0.717) is 0 Å². The molecule has 0 radical (unpaired) electrons. The lowest BCUT2D eigenvalue weighted by Crippen LogP contribution is -2.24. The second kappa shape index (κ2) is 6.81. The summed E-state index contributed by atoms with van der Waals surface area (Å²) in [5.74, 6) is 0.795. The van der Waals surface area contributed by atoms with Crippen LogP contribution in [0.15, 0.2) is 12.4 Å². The summed E-state index contributed by atoms with van der Waals surface area (Å²) in [6, 6.07) is 0. The maximum Gasteiger partial charge on any atom is 0.224 e. The van der Waals surface area contributed by atoms with E-state index in [1.807, 2.05) is 19.4 Å². The second-order valence-electron chi connectivity index (χ2n) is 4.10. The SMILES string of the molecule is CN(C)CCCN(C)c1ncc(CBr)cn1. The fourth-order valence-corrected chi connectivity index (χ4v) is 1.63. The lowest BCUT2D eigenvalue weighted by molar-refractivity contribution is 0.401. The van der Waals surface area contributed by atoms with Crippen LogP contribution in [0, 0.1) is 0 Å². The molecule has 1 rings (SSSR count). The summed E-state index contributed by atoms with van der Waals surface area (Å²) in [6.07, 6.45) is 4.84. The van der Waals surface area contributed by atoms with E-state index in [-0.39, 0.29) is 0 Å². The summed E-state index contributed by atoms with van der Waals surface area (Å²) in [5.41, 5.74) is 1.10. The van der Waals surface area contributed by atoms with Crippen molar-refractivity contribution in [1.82, 2.24) is 14.9 Å². The van der Waals surface area contributed by atoms with Crippen LogP contribution >= 0.6 is 15.9 Å². The van der Waals surface area contributed by atoms with Gasteiger partial charge in [0.05, 0.1) is 0 Å². The van der Waals surface area contributed by atoms with E-state index >= 15 is 0 Å². The smallest absolute Gasteiger partial charge is 0.224 e. The van der Waals surface area contributed by atoms with Gasteiger partial charge in [-0.1, -0.05) is 15.9 Å². The molecule has 1 aromatic heterocycles. The third-order valence-corrected chi connectivity index (χ3v) is 2.93. The van der Waals surface area contributed by atoms with E-state index in [1.54, 1.807) is 0 Å². The molecular weight excluding hydrogens is 268 g/mol. The Morgan fingerprint density at radius 2 is 1.75 bits per heavy atom. The third kappa shape index (κ3) is 4.45. The monoisotopic (exact) mass is 286 g/mol. The molecule has 0 aromatic carbocycles. The van der Waals surface area contributed by atoms with Crippen molar-refractivity contribution in [3.05, 3.63) is 18.0 Å². The predicted molar refractivity (Wildman–Crippen MR) is 71.1 cm³/mol. The topological polar surface area (TPSA) is 32.3 Å². The minimum absolute atomic E-state index is 0.795. The predicted octanol–water partition coefficient (Wildman–Crippen LogP) is 1.76. The molecule has 4 nitrogen and oxygen atoms in total. The highest BCUT2D eigenvalue weighted by molar-refractivity contribution is 9.08. The lowest BCUT2D eigenvalue weighted by atomic mass is 10.4. The standard InChI is InChI=1S/C11H19BrN4/c1-15(2)5-4-6-16(3)11-13-8-10(7-12)9-14-11/h8-9H,4-7H2,1-3H3. The highest BCUT2D eigenvalue weighted by Gasteiger charge is 2.03. The number of aromatic nitrogens is 2. The fraction of sp³-hybridized carbons (Fsp3) is 0.636. The van der Waals surface area contributed by atoms with Crippen molar-refractivity contribution in [2.75, 3.05) is 39.1 Å². The number of hydrogen-bond acceptors (Lipinski definition) is 4. The Labute approximate surface area is 106 Å². The molecule has 90 valence electrons. The first-order valence-corrected chi connectivity index (χ1v) is 6.48. The molecule has 0 bridgehead atoms. The molecule has 0 fully saturated rings. The first-order chi connectivity index (χ1) is 7.63. The molecule has 0 aliphatic rings. The zero-order valence-corrected chi connectivity index (χ0v) is 11.7. The molecule has 0 saturated carbocycles. The van der Waals surface area contributed by atoms with Crippen molar-refractivity contribution in [1.29, 1.82) is 0 Å². The van der Waals surface area contributed by atoms with Crippen molar-refractivity contribution >= 4 is 21.9 Å². The normalized spacial score (nSPS) is 10.8. The molecular formula is C11H19BrN4. The van der Waals surface area contributed by atoms with Crippen molar-refractivity contribution in [2.24, 2.45) is 0 Å². The summed E-state index contributed by atoms with van der Waals surface area (Å²) < 4.78 is 0. The Kier molecular flexibility index (Phi) is 5.69. The second-order valence-corrected chi connectivity index (χ2v) is 4.66. The molecule has 0 spiro atoms. The van der Waals surface area contributed by atoms with Gasteiger partial charge in [-0.05, 0) is 32.6 Å². The lowest BCUT2D eigenvalue weighted by Gasteiger charge is -2.18. The van der Waals surface area contributed by atoms with Gasteiger partial charge in [-0.2, -0.15) is 0 Å². The van der Waals surface area contributed by atoms with E-state index < -0.39 is 0 Å². The molecule has 5 heteroatoms. The number of hydrogen-bond donors (Lipinski definition) is 0. The first kappa shape index (κ1) is 13.4. The molecule has 0 atom stereocenters. The maximum absolute atomic E-state index is 4.32. The number of halogens is 1. The molecule has 0 N–H and O–H groups in total. The van der Waals surface area contributed by atoms with Crippen LogP contribution < -0.4 is 4.90 Å². The highest BCUT2D eigenvalue weighted by atomic mass is 79.9. The molecule has 0 aliphatic carbocycles. The molecule has 0 aliphatic heterocycles. The van der Waals surface area contributed by atoms with E-state index in [4.69, 9.17) is 0 Å². The number of alkyl halides is 1. The van der Waals surface area contributed by atoms with Gasteiger partial charge in [0.15, 0.2) is 0 Å². The molecule has 1 aromatic rings. The van der Waals surface area contributed by atoms with Crippen molar-refractivity contribution in [3.63, 3.8) is 0 Å². The van der Waals surface area contributed by atoms with Crippen LogP contribution in [0.5, 0.6) is 0 Å². The molecule has 0 saturated heterocycles. The van der Waals surface area contributed by atoms with Gasteiger partial charge in [-0.3, -0.25) is 0 Å². The zero-order valence-electron chi connectivity index (χ0n) is 10.1. The summed E-state index contributed by atoms with van der Waals surface area (Å²) in [4.78, 5) is 12.9. The number of anilines is 1. The van der Waals surface area contributed by atoms with Crippen LogP contribution in [0.1, 0.15) is 12.0 Å². The Morgan fingerprint density at radius 3 is 2.25 bits per heavy atom. The van der Waals surface area contributed by atoms with Gasteiger partial charge in [-0.15, -0.1) is 0 Å². The maximum atomic E-state index is 4.32. The van der Waals surface area contributed by atoms with Crippen LogP contribution in [0.3, 0.4) is 0 Å². The Bertz CT molecular complexity index is 299. The fourth-order valence-electron chi connectivity index (χ4n) is 1.34. The van der Waals surface area contributed by atoms with Crippen LogP contribution in [0.4, 0.5) is 5.95 Å². The van der Waals surface area contributed by atoms with Gasteiger partial charge >= 0.3 is 0 Å². The van der Waals surface area contributed by atoms with Crippen LogP contribution in [-0.4, -0.2) is 49.1 Å². The Hall–Kier alpha value is -0.680. The van der Waals surface area contributed by atoms with E-state index in [2.05, 4.69) is 49.8 Å². The summed E-state index contributed by atoms with van der Waals surface area (Å²) >= 11 is 3.38. The molecule has 1 heterocycles. The Balaban J connectivity index is 2.43. The van der Waals surface area contributed by atoms with Crippen LogP contribution in [0.2, 0.25) is 0 Å². The van der Waals surface area contributed by atoms with Gasteiger partial charge < -0.3 is 9.80 Å². The average Bonchev–Trinajstić information content (AvgIpc) is 2.28. The summed E-state index contributed by atoms with van der Waals surface area (Å²) in [6.45, 7) is 2.07. The van der Waals surface area contributed by atoms with Gasteiger partial charge in [0.25, 0.3) is 0 Å². The van der Waals surface area contributed by atoms with Crippen molar-refractivity contribution < 1.29 is 0 Å². The minimum atomic E-state index is 0.795. The van der Waals surface area contributed by atoms with E-state index in [1.165, 1.54) is 0 Å². The van der Waals surface area contributed by atoms with E-state index in [9.17, 15) is 0 Å². The molecule has 0 unspecified atom stereocenters. The first-order valence-electron chi connectivity index (χ1n) is 5.36. The van der Waals surface area contributed by atoms with Crippen molar-refractivity contribution in [2.45, 2.75) is 11.8 Å². The quantitative estimate of drug-likeness (QED) is 0.746. The summed E-state index contributed by atoms with van der Waals surface area (Å²) in [7, 11) is 6.20. The van der Waals surface area contributed by atoms with Gasteiger partial charge in [0, 0.05) is 31.3 Å². The van der Waals surface area contributed by atoms with Gasteiger partial charge in [-0.25, -0.2) is 9.97 Å². The molecule has 0 amide bonds. The third-order valence-electron chi connectivity index (χ3n) is 2.29. The van der Waals surface area contributed by atoms with Crippen LogP contribution in [0.25, 0.3) is 0 Å². The zero-order chi connectivity index (χ0) is 12.0. The minimum Gasteiger partial charge on any atom is -0.344 e. The largest absolute Gasteiger partial charge is 0.344 e. The van der Waals surface area contributed by atoms with E-state index in [0.717, 1.165) is 36.4 Å².